The summed E-state index contributed by atoms with van der Waals surface area (Å²) in [5.74, 6) is 0.254. The Hall–Kier alpha value is -2.48. The van der Waals surface area contributed by atoms with Crippen molar-refractivity contribution in [2.45, 2.75) is 95.5 Å². The highest BCUT2D eigenvalue weighted by Gasteiger charge is 2.37. The normalized spacial score (nSPS) is 23.9. The standard InChI is InChI=1S/C31H43N3O4/c1-31(2)17-7-13-27(38-31)25-11-3-4-12-26(25)28(30(35)36)34-19-16-24(21-34)37-20-6-5-10-23-15-14-22-9-8-18-32-29(22)33-23/h3-4,11-12,14-15,24,27-28H,5-10,13,16-21H2,1-2H3,(H,32,33)(H,35,36)/t24-,27?,28-/m1/s1. The number of hydrogen-bond acceptors (Lipinski definition) is 6. The number of nitrogens with zero attached hydrogens (tertiary/aromatic N) is 2. The van der Waals surface area contributed by atoms with Gasteiger partial charge in [0.25, 0.3) is 0 Å². The lowest BCUT2D eigenvalue weighted by Crippen LogP contribution is -2.36. The second-order valence-electron chi connectivity index (χ2n) is 11.7. The molecule has 2 fully saturated rings. The number of carboxylic acid groups (broad SMARTS) is 1. The van der Waals surface area contributed by atoms with E-state index in [0.29, 0.717) is 13.2 Å². The summed E-state index contributed by atoms with van der Waals surface area (Å²) in [6, 6.07) is 11.6. The second kappa shape index (κ2) is 12.1. The lowest BCUT2D eigenvalue weighted by molar-refractivity contribution is -0.143. The summed E-state index contributed by atoms with van der Waals surface area (Å²) < 4.78 is 12.6. The molecule has 7 heteroatoms. The fourth-order valence-corrected chi connectivity index (χ4v) is 6.26. The maximum Gasteiger partial charge on any atom is 0.325 e. The van der Waals surface area contributed by atoms with Crippen LogP contribution >= 0.6 is 0 Å². The third-order valence-electron chi connectivity index (χ3n) is 8.25. The number of aromatic nitrogens is 1. The number of unbranched alkanes of at least 4 members (excludes halogenated alkanes) is 1. The molecule has 2 saturated heterocycles. The molecule has 0 radical (unpaired) electrons. The van der Waals surface area contributed by atoms with Gasteiger partial charge in [-0.25, -0.2) is 4.98 Å². The molecule has 0 saturated carbocycles. The van der Waals surface area contributed by atoms with Crippen molar-refractivity contribution in [3.05, 3.63) is 58.8 Å². The van der Waals surface area contributed by atoms with Crippen LogP contribution in [0.5, 0.6) is 0 Å². The van der Waals surface area contributed by atoms with Crippen LogP contribution in [0, 0.1) is 0 Å². The molecular weight excluding hydrogens is 478 g/mol. The van der Waals surface area contributed by atoms with Crippen molar-refractivity contribution in [3.8, 4) is 0 Å². The lowest BCUT2D eigenvalue weighted by Gasteiger charge is -2.38. The van der Waals surface area contributed by atoms with Gasteiger partial charge in [0.1, 0.15) is 11.9 Å². The zero-order chi connectivity index (χ0) is 26.5. The number of hydrogen-bond donors (Lipinski definition) is 2. The van der Waals surface area contributed by atoms with E-state index in [9.17, 15) is 9.90 Å². The number of fused-ring (bicyclic) bond motifs is 1. The molecule has 3 aliphatic rings. The van der Waals surface area contributed by atoms with Crippen LogP contribution in [0.3, 0.4) is 0 Å². The van der Waals surface area contributed by atoms with Gasteiger partial charge in [-0.15, -0.1) is 0 Å². The highest BCUT2D eigenvalue weighted by Crippen LogP contribution is 2.40. The minimum atomic E-state index is -0.805. The highest BCUT2D eigenvalue weighted by molar-refractivity contribution is 5.76. The van der Waals surface area contributed by atoms with Gasteiger partial charge >= 0.3 is 5.97 Å². The van der Waals surface area contributed by atoms with E-state index < -0.39 is 12.0 Å². The first-order chi connectivity index (χ1) is 18.4. The molecule has 0 bridgehead atoms. The van der Waals surface area contributed by atoms with Crippen LogP contribution in [-0.2, 0) is 27.1 Å². The molecule has 4 heterocycles. The van der Waals surface area contributed by atoms with Gasteiger partial charge in [-0.3, -0.25) is 9.69 Å². The summed E-state index contributed by atoms with van der Waals surface area (Å²) in [4.78, 5) is 19.4. The second-order valence-corrected chi connectivity index (χ2v) is 11.7. The van der Waals surface area contributed by atoms with Crippen molar-refractivity contribution in [2.24, 2.45) is 0 Å². The van der Waals surface area contributed by atoms with Gasteiger partial charge in [-0.2, -0.15) is 0 Å². The Labute approximate surface area is 226 Å². The third kappa shape index (κ3) is 6.56. The zero-order valence-electron chi connectivity index (χ0n) is 23.0. The van der Waals surface area contributed by atoms with Crippen molar-refractivity contribution in [3.63, 3.8) is 0 Å². The van der Waals surface area contributed by atoms with Crippen LogP contribution in [0.15, 0.2) is 36.4 Å². The van der Waals surface area contributed by atoms with Gasteiger partial charge in [0.2, 0.25) is 0 Å². The largest absolute Gasteiger partial charge is 0.480 e. The zero-order valence-corrected chi connectivity index (χ0v) is 23.0. The Morgan fingerprint density at radius 3 is 2.92 bits per heavy atom. The number of carboxylic acids is 1. The predicted octanol–water partition coefficient (Wildman–Crippen LogP) is 5.70. The Morgan fingerprint density at radius 1 is 1.21 bits per heavy atom. The van der Waals surface area contributed by atoms with Crippen LogP contribution in [0.1, 0.15) is 93.3 Å². The van der Waals surface area contributed by atoms with Crippen LogP contribution in [-0.4, -0.2) is 58.9 Å². The molecule has 0 aliphatic carbocycles. The van der Waals surface area contributed by atoms with E-state index in [1.807, 2.05) is 18.2 Å². The number of rotatable bonds is 10. The number of benzene rings is 1. The number of ether oxygens (including phenoxy) is 2. The van der Waals surface area contributed by atoms with Crippen molar-refractivity contribution in [1.82, 2.24) is 9.88 Å². The first-order valence-corrected chi connectivity index (χ1v) is 14.5. The average Bonchev–Trinajstić information content (AvgIpc) is 3.36. The van der Waals surface area contributed by atoms with Crippen molar-refractivity contribution >= 4 is 11.8 Å². The van der Waals surface area contributed by atoms with E-state index in [2.05, 4.69) is 42.3 Å². The van der Waals surface area contributed by atoms with Gasteiger partial charge in [0, 0.05) is 31.9 Å². The van der Waals surface area contributed by atoms with E-state index in [1.165, 1.54) is 12.0 Å². The quantitative estimate of drug-likeness (QED) is 0.388. The van der Waals surface area contributed by atoms with E-state index in [-0.39, 0.29) is 17.8 Å². The Bertz CT molecular complexity index is 1100. The average molecular weight is 522 g/mol. The molecule has 1 aromatic carbocycles. The molecule has 206 valence electrons. The number of pyridine rings is 1. The molecule has 2 aromatic rings. The molecule has 1 unspecified atom stereocenters. The predicted molar refractivity (Wildman–Crippen MR) is 148 cm³/mol. The Kier molecular flexibility index (Phi) is 8.66. The number of likely N-dealkylation sites (tertiary alicyclic amines) is 1. The smallest absolute Gasteiger partial charge is 0.325 e. The SMILES string of the molecule is CC1(C)CCCC(c2ccccc2[C@H](C(=O)O)N2CC[C@@H](OCCCCc3ccc4c(n3)NCCC4)C2)O1. The first kappa shape index (κ1) is 27.1. The van der Waals surface area contributed by atoms with E-state index in [1.54, 1.807) is 0 Å². The Balaban J connectivity index is 1.13. The molecule has 1 aromatic heterocycles. The summed E-state index contributed by atoms with van der Waals surface area (Å²) in [6.07, 6.45) is 9.16. The number of aliphatic carboxylic acids is 1. The number of nitrogens with one attached hydrogen (secondary N) is 1. The summed E-state index contributed by atoms with van der Waals surface area (Å²) in [5, 5.41) is 13.7. The van der Waals surface area contributed by atoms with E-state index in [4.69, 9.17) is 14.5 Å². The minimum Gasteiger partial charge on any atom is -0.480 e. The number of anilines is 1. The maximum atomic E-state index is 12.5. The van der Waals surface area contributed by atoms with E-state index >= 15 is 0 Å². The summed E-state index contributed by atoms with van der Waals surface area (Å²) in [7, 11) is 0. The number of carbonyl (C=O) groups is 1. The molecule has 5 rings (SSSR count). The van der Waals surface area contributed by atoms with Gasteiger partial charge in [-0.05, 0) is 94.4 Å². The van der Waals surface area contributed by atoms with Crippen LogP contribution in [0.4, 0.5) is 5.82 Å². The molecular formula is C31H43N3O4. The van der Waals surface area contributed by atoms with Crippen molar-refractivity contribution in [2.75, 3.05) is 31.6 Å². The fraction of sp³-hybridized carbons (Fsp3) is 0.613. The minimum absolute atomic E-state index is 0.0631. The van der Waals surface area contributed by atoms with Crippen LogP contribution in [0.25, 0.3) is 0 Å². The van der Waals surface area contributed by atoms with Gasteiger partial charge < -0.3 is 19.9 Å². The van der Waals surface area contributed by atoms with Crippen LogP contribution < -0.4 is 5.32 Å². The first-order valence-electron chi connectivity index (χ1n) is 14.5. The highest BCUT2D eigenvalue weighted by atomic mass is 16.5. The van der Waals surface area contributed by atoms with Gasteiger partial charge in [-0.1, -0.05) is 30.3 Å². The summed E-state index contributed by atoms with van der Waals surface area (Å²) >= 11 is 0. The maximum absolute atomic E-state index is 12.5. The molecule has 2 N–H and O–H groups in total. The molecule has 3 aliphatic heterocycles. The Morgan fingerprint density at radius 2 is 2.08 bits per heavy atom. The monoisotopic (exact) mass is 521 g/mol. The van der Waals surface area contributed by atoms with Gasteiger partial charge in [0.15, 0.2) is 0 Å². The summed E-state index contributed by atoms with van der Waals surface area (Å²) in [6.45, 7) is 7.32. The molecule has 7 nitrogen and oxygen atoms in total. The third-order valence-corrected chi connectivity index (χ3v) is 8.25. The molecule has 0 amide bonds. The fourth-order valence-electron chi connectivity index (χ4n) is 6.26. The molecule has 0 spiro atoms. The number of aryl methyl sites for hydroxylation is 2. The topological polar surface area (TPSA) is 83.9 Å². The van der Waals surface area contributed by atoms with E-state index in [0.717, 1.165) is 87.1 Å². The van der Waals surface area contributed by atoms with Crippen LogP contribution in [0.2, 0.25) is 0 Å². The molecule has 38 heavy (non-hydrogen) atoms. The molecule has 3 atom stereocenters. The van der Waals surface area contributed by atoms with Crippen molar-refractivity contribution < 1.29 is 19.4 Å². The summed E-state index contributed by atoms with van der Waals surface area (Å²) in [5.41, 5.74) is 4.15. The lowest BCUT2D eigenvalue weighted by atomic mass is 9.88. The van der Waals surface area contributed by atoms with Gasteiger partial charge in [0.05, 0.1) is 17.8 Å². The van der Waals surface area contributed by atoms with Crippen molar-refractivity contribution in [1.29, 1.82) is 0 Å².